The van der Waals surface area contributed by atoms with Crippen LogP contribution in [0.2, 0.25) is 5.02 Å². The minimum Gasteiger partial charge on any atom is -0.296 e. The van der Waals surface area contributed by atoms with Crippen LogP contribution < -0.4 is 0 Å². The maximum atomic E-state index is 11.5. The number of carbonyl (C=O) groups is 1. The van der Waals surface area contributed by atoms with Crippen molar-refractivity contribution in [2.75, 3.05) is 0 Å². The maximum absolute atomic E-state index is 11.5. The van der Waals surface area contributed by atoms with Crippen molar-refractivity contribution in [2.24, 2.45) is 0 Å². The smallest absolute Gasteiger partial charge is 0.296 e. The predicted molar refractivity (Wildman–Crippen MR) is 82.4 cm³/mol. The number of benzene rings is 1. The number of nitro groups is 1. The van der Waals surface area contributed by atoms with E-state index in [2.05, 4.69) is 4.98 Å². The van der Waals surface area contributed by atoms with Gasteiger partial charge in [-0.3, -0.25) is 19.3 Å². The van der Waals surface area contributed by atoms with E-state index < -0.39 is 4.92 Å². The number of halogens is 1. The first-order chi connectivity index (χ1) is 10.5. The van der Waals surface area contributed by atoms with Gasteiger partial charge in [0.25, 0.3) is 0 Å². The summed E-state index contributed by atoms with van der Waals surface area (Å²) in [5.41, 5.74) is 2.16. The fraction of sp³-hybridized carbons (Fsp3) is 0.0667. The average molecular weight is 316 g/mol. The summed E-state index contributed by atoms with van der Waals surface area (Å²) in [6, 6.07) is 8.10. The molecular weight excluding hydrogens is 306 g/mol. The lowest BCUT2D eigenvalue weighted by atomic mass is 10.1. The van der Waals surface area contributed by atoms with E-state index in [1.165, 1.54) is 16.5 Å². The van der Waals surface area contributed by atoms with Gasteiger partial charge in [0.1, 0.15) is 11.4 Å². The molecule has 3 aromatic rings. The summed E-state index contributed by atoms with van der Waals surface area (Å²) in [5, 5.41) is 11.7. The third kappa shape index (κ3) is 2.14. The maximum Gasteiger partial charge on any atom is 0.312 e. The molecule has 0 N–H and O–H groups in total. The van der Waals surface area contributed by atoms with E-state index >= 15 is 0 Å². The molecule has 22 heavy (non-hydrogen) atoms. The molecule has 6 nitrogen and oxygen atoms in total. The number of rotatable bonds is 3. The molecule has 0 saturated carbocycles. The van der Waals surface area contributed by atoms with Crippen molar-refractivity contribution in [1.29, 1.82) is 0 Å². The Morgan fingerprint density at radius 3 is 2.77 bits per heavy atom. The van der Waals surface area contributed by atoms with E-state index in [0.717, 1.165) is 5.56 Å². The molecule has 0 aliphatic carbocycles. The van der Waals surface area contributed by atoms with Gasteiger partial charge in [-0.05, 0) is 30.7 Å². The number of nitrogens with zero attached hydrogens (tertiary/aromatic N) is 3. The van der Waals surface area contributed by atoms with Gasteiger partial charge in [-0.15, -0.1) is 0 Å². The molecule has 0 fully saturated rings. The molecule has 2 aromatic heterocycles. The first-order valence-electron chi connectivity index (χ1n) is 6.40. The second-order valence-corrected chi connectivity index (χ2v) is 5.18. The van der Waals surface area contributed by atoms with Gasteiger partial charge in [-0.2, -0.15) is 0 Å². The van der Waals surface area contributed by atoms with E-state index in [4.69, 9.17) is 11.6 Å². The van der Waals surface area contributed by atoms with Crippen LogP contribution in [-0.4, -0.2) is 20.6 Å². The number of aromatic nitrogens is 2. The Bertz CT molecular complexity index is 918. The van der Waals surface area contributed by atoms with Crippen LogP contribution in [0, 0.1) is 17.0 Å². The number of imidazole rings is 1. The molecule has 3 rings (SSSR count). The molecule has 0 saturated heterocycles. The molecule has 0 spiro atoms. The summed E-state index contributed by atoms with van der Waals surface area (Å²) in [6.45, 7) is 1.84. The standard InChI is InChI=1S/C15H10ClN3O3/c1-9-7-10(4-5-11(9)16)14-13(8-20)18-6-2-3-12(19(21)22)15(18)17-14/h2-8H,1H3. The van der Waals surface area contributed by atoms with Crippen LogP contribution in [0.15, 0.2) is 36.5 Å². The van der Waals surface area contributed by atoms with Gasteiger partial charge >= 0.3 is 5.69 Å². The van der Waals surface area contributed by atoms with E-state index in [9.17, 15) is 14.9 Å². The highest BCUT2D eigenvalue weighted by molar-refractivity contribution is 6.31. The first-order valence-corrected chi connectivity index (χ1v) is 6.78. The summed E-state index contributed by atoms with van der Waals surface area (Å²) in [6.07, 6.45) is 2.22. The predicted octanol–water partition coefficient (Wildman–Crippen LogP) is 3.68. The van der Waals surface area contributed by atoms with Crippen molar-refractivity contribution in [3.05, 3.63) is 62.9 Å². The Balaban J connectivity index is 2.34. The van der Waals surface area contributed by atoms with Crippen molar-refractivity contribution in [1.82, 2.24) is 9.38 Å². The summed E-state index contributed by atoms with van der Waals surface area (Å²) < 4.78 is 1.42. The lowest BCUT2D eigenvalue weighted by molar-refractivity contribution is -0.383. The van der Waals surface area contributed by atoms with Gasteiger partial charge in [0.15, 0.2) is 6.29 Å². The van der Waals surface area contributed by atoms with Crippen LogP contribution in [0.5, 0.6) is 0 Å². The lowest BCUT2D eigenvalue weighted by Crippen LogP contribution is -1.95. The zero-order valence-electron chi connectivity index (χ0n) is 11.5. The van der Waals surface area contributed by atoms with Crippen LogP contribution in [-0.2, 0) is 0 Å². The van der Waals surface area contributed by atoms with E-state index in [1.54, 1.807) is 24.4 Å². The Morgan fingerprint density at radius 2 is 2.14 bits per heavy atom. The molecule has 0 unspecified atom stereocenters. The summed E-state index contributed by atoms with van der Waals surface area (Å²) in [4.78, 5) is 26.3. The van der Waals surface area contributed by atoms with Gasteiger partial charge in [0.2, 0.25) is 5.65 Å². The van der Waals surface area contributed by atoms with Crippen molar-refractivity contribution in [3.63, 3.8) is 0 Å². The number of carbonyl (C=O) groups excluding carboxylic acids is 1. The molecule has 0 radical (unpaired) electrons. The number of hydrogen-bond donors (Lipinski definition) is 0. The fourth-order valence-corrected chi connectivity index (χ4v) is 2.45. The summed E-state index contributed by atoms with van der Waals surface area (Å²) >= 11 is 6.00. The van der Waals surface area contributed by atoms with Crippen molar-refractivity contribution < 1.29 is 9.72 Å². The fourth-order valence-electron chi connectivity index (χ4n) is 2.33. The summed E-state index contributed by atoms with van der Waals surface area (Å²) in [7, 11) is 0. The second-order valence-electron chi connectivity index (χ2n) is 4.77. The first kappa shape index (κ1) is 14.2. The minimum absolute atomic E-state index is 0.136. The number of aryl methyl sites for hydroxylation is 1. The third-order valence-electron chi connectivity index (χ3n) is 3.41. The quantitative estimate of drug-likeness (QED) is 0.419. The van der Waals surface area contributed by atoms with E-state index in [-0.39, 0.29) is 17.0 Å². The Labute approximate surface area is 130 Å². The average Bonchev–Trinajstić information content (AvgIpc) is 2.88. The zero-order chi connectivity index (χ0) is 15.9. The Hall–Kier alpha value is -2.73. The van der Waals surface area contributed by atoms with Crippen LogP contribution in [0.25, 0.3) is 16.9 Å². The van der Waals surface area contributed by atoms with Crippen molar-refractivity contribution >= 4 is 29.2 Å². The normalized spacial score (nSPS) is 10.8. The molecule has 0 bridgehead atoms. The van der Waals surface area contributed by atoms with Crippen LogP contribution in [0.1, 0.15) is 16.1 Å². The van der Waals surface area contributed by atoms with Crippen LogP contribution >= 0.6 is 11.6 Å². The molecule has 0 amide bonds. The topological polar surface area (TPSA) is 77.5 Å². The molecule has 2 heterocycles. The SMILES string of the molecule is Cc1cc(-c2nc3c([N+](=O)[O-])cccn3c2C=O)ccc1Cl. The Morgan fingerprint density at radius 1 is 1.36 bits per heavy atom. The molecule has 1 aromatic carbocycles. The van der Waals surface area contributed by atoms with Gasteiger partial charge in [-0.25, -0.2) is 4.98 Å². The molecule has 0 atom stereocenters. The van der Waals surface area contributed by atoms with Gasteiger partial charge in [-0.1, -0.05) is 17.7 Å². The number of hydrogen-bond acceptors (Lipinski definition) is 4. The van der Waals surface area contributed by atoms with Gasteiger partial charge in [0.05, 0.1) is 4.92 Å². The molecular formula is C15H10ClN3O3. The highest BCUT2D eigenvalue weighted by Crippen LogP contribution is 2.29. The zero-order valence-corrected chi connectivity index (χ0v) is 12.2. The van der Waals surface area contributed by atoms with Crippen LogP contribution in [0.4, 0.5) is 5.69 Å². The Kier molecular flexibility index (Phi) is 3.38. The summed E-state index contributed by atoms with van der Waals surface area (Å²) in [5.74, 6) is 0. The van der Waals surface area contributed by atoms with Crippen molar-refractivity contribution in [3.8, 4) is 11.3 Å². The molecule has 7 heteroatoms. The molecule has 0 aliphatic heterocycles. The van der Waals surface area contributed by atoms with E-state index in [1.807, 2.05) is 6.92 Å². The van der Waals surface area contributed by atoms with Gasteiger partial charge < -0.3 is 0 Å². The highest BCUT2D eigenvalue weighted by atomic mass is 35.5. The van der Waals surface area contributed by atoms with Crippen molar-refractivity contribution in [2.45, 2.75) is 6.92 Å². The third-order valence-corrected chi connectivity index (χ3v) is 3.83. The second kappa shape index (κ2) is 5.23. The largest absolute Gasteiger partial charge is 0.312 e. The lowest BCUT2D eigenvalue weighted by Gasteiger charge is -2.02. The number of fused-ring (bicyclic) bond motifs is 1. The minimum atomic E-state index is -0.520. The van der Waals surface area contributed by atoms with Gasteiger partial charge in [0, 0.05) is 22.8 Å². The van der Waals surface area contributed by atoms with E-state index in [0.29, 0.717) is 22.6 Å². The monoisotopic (exact) mass is 315 g/mol. The molecule has 0 aliphatic rings. The highest BCUT2D eigenvalue weighted by Gasteiger charge is 2.20. The number of aldehydes is 1. The number of pyridine rings is 1. The van der Waals surface area contributed by atoms with Crippen LogP contribution in [0.3, 0.4) is 0 Å². The molecule has 110 valence electrons.